The van der Waals surface area contributed by atoms with Crippen molar-refractivity contribution in [2.24, 2.45) is 17.6 Å². The minimum Gasteiger partial charge on any atom is -0.382 e. The van der Waals surface area contributed by atoms with Crippen LogP contribution < -0.4 is 22.3 Å². The number of anilines is 1. The van der Waals surface area contributed by atoms with Crippen molar-refractivity contribution in [2.75, 3.05) is 18.9 Å². The predicted molar refractivity (Wildman–Crippen MR) is 319 cm³/mol. The van der Waals surface area contributed by atoms with E-state index >= 15 is 8.96 Å². The van der Waals surface area contributed by atoms with Gasteiger partial charge in [-0.25, -0.2) is 38.4 Å². The number of aromatic nitrogens is 8. The molecule has 0 radical (unpaired) electrons. The number of carbonyl (C=O) groups is 4. The van der Waals surface area contributed by atoms with Gasteiger partial charge in [-0.2, -0.15) is 0 Å². The molecule has 3 aliphatic rings. The third-order valence-corrected chi connectivity index (χ3v) is 20.6. The normalized spacial score (nSPS) is 25.1. The van der Waals surface area contributed by atoms with E-state index in [1.54, 1.807) is 24.3 Å². The Kier molecular flexibility index (Phi) is 24.6. The van der Waals surface area contributed by atoms with E-state index in [9.17, 15) is 33.4 Å². The van der Waals surface area contributed by atoms with Crippen LogP contribution in [0.1, 0.15) is 173 Å². The van der Waals surface area contributed by atoms with Gasteiger partial charge in [-0.1, -0.05) is 129 Å². The van der Waals surface area contributed by atoms with E-state index in [1.807, 2.05) is 13.8 Å². The molecule has 86 heavy (non-hydrogen) atoms. The topological polar surface area (TPSA) is 349 Å². The molecule has 11 atom stereocenters. The standard InChI is InChI=1S/C57H82FN11O14P2S/c1-4-5-6-7-8-9-10-11-12-13-14-15-16-19-39(70)27-40(36(2)3)55(73)67-41(20-17-18-21-46(59)72)42(71)26-37-22-24-38(25-23-37)31-86-85(77)79-30-45-51(48(58)57(81-45)69-35-65-49-52(60)61-32-62-53(49)69)83-84(75,76)78-29-44-43(82-85)28-47(80-44)68-34-66-50-54(68)63-33-64-56(50)74/h22-25,32-36,40-41,43-45,47-48,51,57H,4-21,26-31H2,1-3H3,(H2,59,72)(H,67,73)(H,75,76)(H2,60,61,62)(H,63,64,74)/t40-,41-,43-,44+,45+,47+,48+,51+,57+,85?/m0/s1. The van der Waals surface area contributed by atoms with E-state index in [-0.39, 0.29) is 89.4 Å². The second-order valence-corrected chi connectivity index (χ2v) is 28.3. The highest BCUT2D eigenvalue weighted by Crippen LogP contribution is 2.64. The number of hydrogen-bond acceptors (Lipinski definition) is 20. The number of benzene rings is 1. The van der Waals surface area contributed by atoms with E-state index < -0.39 is 94.3 Å². The summed E-state index contributed by atoms with van der Waals surface area (Å²) in [5.74, 6) is -1.89. The van der Waals surface area contributed by atoms with Crippen LogP contribution in [0.15, 0.2) is 54.4 Å². The number of nitrogen functional groups attached to an aromatic ring is 1. The minimum atomic E-state index is -5.12. The highest BCUT2D eigenvalue weighted by molar-refractivity contribution is 8.54. The van der Waals surface area contributed by atoms with Gasteiger partial charge in [-0.15, -0.1) is 0 Å². The molecule has 2 amide bonds. The van der Waals surface area contributed by atoms with Crippen LogP contribution in [0.2, 0.25) is 0 Å². The summed E-state index contributed by atoms with van der Waals surface area (Å²) in [6.07, 6.45) is 11.6. The smallest absolute Gasteiger partial charge is 0.382 e. The lowest BCUT2D eigenvalue weighted by atomic mass is 9.87. The summed E-state index contributed by atoms with van der Waals surface area (Å²) in [4.78, 5) is 99.7. The average molecular weight is 1260 g/mol. The number of phosphoric acid groups is 1. The molecule has 29 heteroatoms. The number of carbonyl (C=O) groups excluding carboxylic acids is 4. The molecule has 0 bridgehead atoms. The number of ether oxygens (including phenoxy) is 2. The van der Waals surface area contributed by atoms with Gasteiger partial charge in [0.15, 0.2) is 40.8 Å². The first-order valence-corrected chi connectivity index (χ1v) is 34.7. The number of nitrogens with two attached hydrogens (primary N) is 2. The summed E-state index contributed by atoms with van der Waals surface area (Å²) < 4.78 is 84.0. The van der Waals surface area contributed by atoms with Crippen LogP contribution in [0.4, 0.5) is 10.2 Å². The zero-order valence-corrected chi connectivity index (χ0v) is 51.7. The number of H-pyrrole nitrogens is 1. The van der Waals surface area contributed by atoms with E-state index in [0.717, 1.165) is 43.4 Å². The Morgan fingerprint density at radius 3 is 2.13 bits per heavy atom. The molecule has 5 aromatic rings. The first-order valence-electron chi connectivity index (χ1n) is 30.0. The fraction of sp³-hybridized carbons (Fsp3) is 0.649. The van der Waals surface area contributed by atoms with Crippen LogP contribution in [-0.2, 0) is 68.1 Å². The van der Waals surface area contributed by atoms with Crippen LogP contribution in [0, 0.1) is 11.8 Å². The summed E-state index contributed by atoms with van der Waals surface area (Å²) in [7, 11) is -5.12. The van der Waals surface area contributed by atoms with Gasteiger partial charge < -0.3 is 36.1 Å². The lowest BCUT2D eigenvalue weighted by molar-refractivity contribution is -0.133. The van der Waals surface area contributed by atoms with Crippen molar-refractivity contribution in [2.45, 2.75) is 210 Å². The second kappa shape index (κ2) is 31.7. The van der Waals surface area contributed by atoms with Crippen LogP contribution in [0.25, 0.3) is 22.3 Å². The number of amides is 2. The van der Waals surface area contributed by atoms with Crippen molar-refractivity contribution in [3.63, 3.8) is 0 Å². The van der Waals surface area contributed by atoms with Crippen molar-refractivity contribution in [1.29, 1.82) is 0 Å². The predicted octanol–water partition coefficient (Wildman–Crippen LogP) is 9.38. The second-order valence-electron chi connectivity index (χ2n) is 22.8. The third-order valence-electron chi connectivity index (χ3n) is 15.9. The van der Waals surface area contributed by atoms with Gasteiger partial charge in [0.05, 0.1) is 38.2 Å². The molecule has 4 aromatic heterocycles. The number of alkyl halides is 1. The van der Waals surface area contributed by atoms with Crippen LogP contribution in [0.3, 0.4) is 0 Å². The molecule has 472 valence electrons. The summed E-state index contributed by atoms with van der Waals surface area (Å²) in [6, 6.07) is 6.00. The molecular weight excluding hydrogens is 1180 g/mol. The molecule has 2 unspecified atom stereocenters. The number of unbranched alkanes of at least 4 members (excludes halogenated alkanes) is 13. The molecule has 1 aromatic carbocycles. The maximum atomic E-state index is 16.7. The lowest BCUT2D eigenvalue weighted by Crippen LogP contribution is -2.45. The number of phosphoric ester groups is 1. The molecule has 0 saturated carbocycles. The number of imidazole rings is 2. The molecule has 3 saturated heterocycles. The molecular formula is C57H82FN11O14P2S. The number of primary amides is 1. The van der Waals surface area contributed by atoms with Crippen molar-refractivity contribution in [3.8, 4) is 0 Å². The summed E-state index contributed by atoms with van der Waals surface area (Å²) in [5, 5.41) is 2.97. The van der Waals surface area contributed by atoms with Crippen LogP contribution >= 0.6 is 26.0 Å². The molecule has 7 heterocycles. The van der Waals surface area contributed by atoms with E-state index in [1.165, 1.54) is 85.9 Å². The number of fused-ring (bicyclic) bond motifs is 4. The maximum absolute atomic E-state index is 16.7. The van der Waals surface area contributed by atoms with E-state index in [4.69, 9.17) is 39.0 Å². The molecule has 0 spiro atoms. The van der Waals surface area contributed by atoms with Gasteiger partial charge in [0.1, 0.15) is 48.3 Å². The van der Waals surface area contributed by atoms with Gasteiger partial charge in [-0.05, 0) is 47.7 Å². The van der Waals surface area contributed by atoms with Gasteiger partial charge in [0.2, 0.25) is 11.8 Å². The first-order chi connectivity index (χ1) is 41.3. The fourth-order valence-corrected chi connectivity index (χ4v) is 15.4. The quantitative estimate of drug-likeness (QED) is 0.0198. The van der Waals surface area contributed by atoms with Crippen LogP contribution in [0.5, 0.6) is 0 Å². The molecule has 3 aliphatic heterocycles. The highest BCUT2D eigenvalue weighted by Gasteiger charge is 2.53. The maximum Gasteiger partial charge on any atom is 0.472 e. The monoisotopic (exact) mass is 1260 g/mol. The first kappa shape index (κ1) is 66.6. The number of rotatable bonds is 32. The largest absolute Gasteiger partial charge is 0.472 e. The zero-order chi connectivity index (χ0) is 61.4. The molecule has 8 rings (SSSR count). The van der Waals surface area contributed by atoms with Gasteiger partial charge >= 0.3 is 14.6 Å². The minimum absolute atomic E-state index is 0.00353. The summed E-state index contributed by atoms with van der Waals surface area (Å²) >= 11 is 0.784. The van der Waals surface area contributed by atoms with Crippen molar-refractivity contribution in [3.05, 3.63) is 71.1 Å². The zero-order valence-electron chi connectivity index (χ0n) is 49.1. The van der Waals surface area contributed by atoms with E-state index in [2.05, 4.69) is 42.1 Å². The molecule has 25 nitrogen and oxygen atoms in total. The molecule has 7 N–H and O–H groups in total. The number of nitrogens with one attached hydrogen (secondary N) is 2. The third kappa shape index (κ3) is 18.4. The Morgan fingerprint density at radius 2 is 1.43 bits per heavy atom. The number of aromatic amines is 1. The molecule has 3 fully saturated rings. The van der Waals surface area contributed by atoms with Crippen molar-refractivity contribution in [1.82, 2.24) is 44.4 Å². The Morgan fingerprint density at radius 1 is 0.791 bits per heavy atom. The Bertz CT molecular complexity index is 3230. The van der Waals surface area contributed by atoms with Crippen LogP contribution in [-0.4, -0.2) is 117 Å². The number of halogens is 1. The number of nitrogens with zero attached hydrogens (tertiary/aromatic N) is 7. The fourth-order valence-electron chi connectivity index (χ4n) is 11.0. The van der Waals surface area contributed by atoms with Gasteiger partial charge in [0.25, 0.3) is 5.56 Å². The summed E-state index contributed by atoms with van der Waals surface area (Å²) in [5.41, 5.74) is 12.5. The number of Topliss-reactive ketones (excluding diaryl/α,β-unsaturated/α-hetero) is 2. The highest BCUT2D eigenvalue weighted by atomic mass is 32.7. The number of ketones is 2. The van der Waals surface area contributed by atoms with Gasteiger partial charge in [0, 0.05) is 43.8 Å². The Hall–Kier alpha value is -5.34. The average Bonchev–Trinajstić information content (AvgIpc) is 4.26. The lowest BCUT2D eigenvalue weighted by Gasteiger charge is -2.28. The SMILES string of the molecule is CCCCCCCCCCCCCCCC(=O)C[C@H](C(=O)N[C@@H](CCCCC(N)=O)C(=O)Cc1ccc(CSP2(=O)OC[C@H]3O[C@@H](n4cnc5c(N)ncnc54)[C@H](F)[C@@H]3OP(=O)(O)OC[C@H]3O[C@@H](n4cnc5c(=O)[nH]cnc54)C[C@@H]3O2)cc1)C(C)C. The number of hydrogen-bond donors (Lipinski definition) is 5. The van der Waals surface area contributed by atoms with E-state index in [0.29, 0.717) is 30.4 Å². The van der Waals surface area contributed by atoms with Crippen molar-refractivity contribution >= 4 is 77.5 Å². The van der Waals surface area contributed by atoms with Gasteiger partial charge in [-0.3, -0.25) is 51.2 Å². The molecule has 0 aliphatic carbocycles. The Labute approximate surface area is 503 Å². The van der Waals surface area contributed by atoms with Crippen molar-refractivity contribution < 1.29 is 65.2 Å². The summed E-state index contributed by atoms with van der Waals surface area (Å²) in [6.45, 7) is 0.225. The Balaban J connectivity index is 0.915.